The second-order valence-electron chi connectivity index (χ2n) is 5.31. The summed E-state index contributed by atoms with van der Waals surface area (Å²) in [7, 11) is 0. The highest BCUT2D eigenvalue weighted by Gasteiger charge is 2.34. The van der Waals surface area contributed by atoms with Crippen LogP contribution in [0.3, 0.4) is 0 Å². The molecule has 1 aromatic heterocycles. The fraction of sp³-hybridized carbons (Fsp3) is 0.250. The monoisotopic (exact) mass is 400 g/mol. The molecule has 6 nitrogen and oxygen atoms in total. The van der Waals surface area contributed by atoms with Crippen molar-refractivity contribution in [1.82, 2.24) is 4.98 Å². The number of aliphatic carboxylic acids is 1. The van der Waals surface area contributed by atoms with Crippen molar-refractivity contribution in [3.8, 4) is 10.4 Å². The number of thiazole rings is 1. The third-order valence-corrected chi connectivity index (χ3v) is 5.17. The molecular formula is C16H14Cl2N2O4S. The van der Waals surface area contributed by atoms with Gasteiger partial charge in [-0.15, -0.1) is 11.3 Å². The summed E-state index contributed by atoms with van der Waals surface area (Å²) in [6.07, 6.45) is 1.36. The number of carbonyl (C=O) groups excluding carboxylic acids is 2. The van der Waals surface area contributed by atoms with E-state index in [1.54, 1.807) is 18.2 Å². The molecule has 0 spiro atoms. The highest BCUT2D eigenvalue weighted by atomic mass is 35.5. The quantitative estimate of drug-likeness (QED) is 0.691. The zero-order chi connectivity index (χ0) is 18.7. The van der Waals surface area contributed by atoms with Gasteiger partial charge in [0.05, 0.1) is 27.4 Å². The molecule has 0 bridgehead atoms. The van der Waals surface area contributed by atoms with Gasteiger partial charge in [-0.05, 0) is 19.1 Å². The van der Waals surface area contributed by atoms with Crippen LogP contribution in [-0.2, 0) is 20.8 Å². The van der Waals surface area contributed by atoms with Gasteiger partial charge in [0.1, 0.15) is 16.7 Å². The summed E-state index contributed by atoms with van der Waals surface area (Å²) < 4.78 is 0. The van der Waals surface area contributed by atoms with Gasteiger partial charge in [0.15, 0.2) is 5.78 Å². The fourth-order valence-electron chi connectivity index (χ4n) is 2.27. The van der Waals surface area contributed by atoms with Crippen LogP contribution in [0.1, 0.15) is 11.9 Å². The molecule has 9 heteroatoms. The molecule has 0 aliphatic carbocycles. The van der Waals surface area contributed by atoms with E-state index in [-0.39, 0.29) is 6.42 Å². The molecular weight excluding hydrogens is 387 g/mol. The maximum atomic E-state index is 12.2. The van der Waals surface area contributed by atoms with Crippen LogP contribution in [0.25, 0.3) is 10.4 Å². The number of nitrogens with two attached hydrogens (primary N) is 1. The van der Waals surface area contributed by atoms with Crippen molar-refractivity contribution < 1.29 is 19.5 Å². The summed E-state index contributed by atoms with van der Waals surface area (Å²) in [5.74, 6) is -4.23. The normalized spacial score (nSPS) is 13.3. The summed E-state index contributed by atoms with van der Waals surface area (Å²) in [6, 6.07) is 3.67. The van der Waals surface area contributed by atoms with Crippen LogP contribution in [0.4, 0.5) is 0 Å². The molecule has 0 aliphatic heterocycles. The number of aromatic nitrogens is 1. The lowest BCUT2D eigenvalue weighted by molar-refractivity contribution is -0.148. The number of nitrogens with zero attached hydrogens (tertiary/aromatic N) is 1. The number of halogens is 2. The minimum absolute atomic E-state index is 0.176. The summed E-state index contributed by atoms with van der Waals surface area (Å²) in [5, 5.41) is 10.4. The first kappa shape index (κ1) is 19.5. The molecule has 0 radical (unpaired) electrons. The van der Waals surface area contributed by atoms with Crippen molar-refractivity contribution in [2.45, 2.75) is 19.4 Å². The van der Waals surface area contributed by atoms with E-state index in [1.807, 2.05) is 0 Å². The van der Waals surface area contributed by atoms with Crippen LogP contribution in [0, 0.1) is 5.92 Å². The van der Waals surface area contributed by atoms with E-state index >= 15 is 0 Å². The zero-order valence-corrected chi connectivity index (χ0v) is 15.4. The van der Waals surface area contributed by atoms with Crippen molar-refractivity contribution >= 4 is 52.1 Å². The largest absolute Gasteiger partial charge is 0.481 e. The second kappa shape index (κ2) is 8.05. The Morgan fingerprint density at radius 2 is 1.88 bits per heavy atom. The molecule has 3 N–H and O–H groups in total. The van der Waals surface area contributed by atoms with Gasteiger partial charge < -0.3 is 10.8 Å². The maximum absolute atomic E-state index is 12.2. The molecule has 1 unspecified atom stereocenters. The molecule has 1 heterocycles. The molecule has 0 fully saturated rings. The smallest absolute Gasteiger partial charge is 0.316 e. The predicted molar refractivity (Wildman–Crippen MR) is 96.1 cm³/mol. The maximum Gasteiger partial charge on any atom is 0.316 e. The summed E-state index contributed by atoms with van der Waals surface area (Å²) in [5.41, 5.74) is 6.27. The fourth-order valence-corrected chi connectivity index (χ4v) is 3.99. The number of rotatable bonds is 7. The Morgan fingerprint density at radius 3 is 2.40 bits per heavy atom. The van der Waals surface area contributed by atoms with E-state index in [9.17, 15) is 14.4 Å². The van der Waals surface area contributed by atoms with Gasteiger partial charge in [-0.1, -0.05) is 29.3 Å². The third-order valence-electron chi connectivity index (χ3n) is 3.52. The van der Waals surface area contributed by atoms with Crippen LogP contribution in [0.15, 0.2) is 24.4 Å². The number of Topliss-reactive ketones (excluding diaryl/α,β-unsaturated/α-hetero) is 2. The molecule has 25 heavy (non-hydrogen) atoms. The van der Waals surface area contributed by atoms with Gasteiger partial charge in [0.25, 0.3) is 0 Å². The molecule has 1 aromatic carbocycles. The Bertz CT molecular complexity index is 803. The van der Waals surface area contributed by atoms with E-state index in [0.717, 1.165) is 6.92 Å². The van der Waals surface area contributed by atoms with Gasteiger partial charge in [0, 0.05) is 11.8 Å². The van der Waals surface area contributed by atoms with E-state index in [2.05, 4.69) is 4.98 Å². The lowest BCUT2D eigenvalue weighted by Gasteiger charge is -2.15. The van der Waals surface area contributed by atoms with Crippen LogP contribution >= 0.6 is 34.5 Å². The van der Waals surface area contributed by atoms with Crippen molar-refractivity contribution in [2.75, 3.05) is 0 Å². The first-order valence-electron chi connectivity index (χ1n) is 7.13. The third kappa shape index (κ3) is 4.43. The van der Waals surface area contributed by atoms with Gasteiger partial charge in [-0.2, -0.15) is 0 Å². The lowest BCUT2D eigenvalue weighted by atomic mass is 9.92. The first-order chi connectivity index (χ1) is 11.7. The van der Waals surface area contributed by atoms with Gasteiger partial charge in [-0.25, -0.2) is 4.98 Å². The van der Waals surface area contributed by atoms with Crippen molar-refractivity contribution in [3.63, 3.8) is 0 Å². The van der Waals surface area contributed by atoms with Gasteiger partial charge in [-0.3, -0.25) is 14.4 Å². The molecule has 2 aromatic rings. The van der Waals surface area contributed by atoms with Gasteiger partial charge >= 0.3 is 5.97 Å². The highest BCUT2D eigenvalue weighted by Crippen LogP contribution is 2.37. The van der Waals surface area contributed by atoms with Crippen LogP contribution < -0.4 is 5.73 Å². The number of hydrogen-bond acceptors (Lipinski definition) is 6. The topological polar surface area (TPSA) is 110 Å². The van der Waals surface area contributed by atoms with Crippen molar-refractivity contribution in [3.05, 3.63) is 39.4 Å². The van der Waals surface area contributed by atoms with E-state index in [1.165, 1.54) is 17.5 Å². The van der Waals surface area contributed by atoms with Crippen molar-refractivity contribution in [1.29, 1.82) is 0 Å². The second-order valence-corrected chi connectivity index (χ2v) is 7.24. The van der Waals surface area contributed by atoms with Crippen LogP contribution in [0.5, 0.6) is 0 Å². The average Bonchev–Trinajstić information content (AvgIpc) is 2.94. The Morgan fingerprint density at radius 1 is 1.28 bits per heavy atom. The number of carboxylic acids is 1. The van der Waals surface area contributed by atoms with Crippen LogP contribution in [-0.4, -0.2) is 33.7 Å². The lowest BCUT2D eigenvalue weighted by Crippen LogP contribution is -2.46. The number of benzene rings is 1. The van der Waals surface area contributed by atoms with Crippen LogP contribution in [0.2, 0.25) is 10.0 Å². The summed E-state index contributed by atoms with van der Waals surface area (Å²) >= 11 is 13.5. The molecule has 2 rings (SSSR count). The number of ketones is 2. The van der Waals surface area contributed by atoms with Crippen molar-refractivity contribution in [2.24, 2.45) is 11.7 Å². The van der Waals surface area contributed by atoms with E-state index in [4.69, 9.17) is 34.0 Å². The Labute approximate surface area is 157 Å². The Balaban J connectivity index is 2.20. The minimum atomic E-state index is -1.56. The Hall–Kier alpha value is -1.80. The van der Waals surface area contributed by atoms with Gasteiger partial charge in [0.2, 0.25) is 0 Å². The first-order valence-corrected chi connectivity index (χ1v) is 8.70. The Kier molecular flexibility index (Phi) is 6.29. The molecule has 0 saturated heterocycles. The molecule has 0 saturated carbocycles. The SMILES string of the molecule is CC(=O)C(C(=O)O)[C@H](N)C(=O)Cc1ncc(-c2c(Cl)cccc2Cl)s1. The number of hydrogen-bond donors (Lipinski definition) is 2. The van der Waals surface area contributed by atoms with E-state index < -0.39 is 29.5 Å². The predicted octanol–water partition coefficient (Wildman–Crippen LogP) is 2.85. The molecule has 132 valence electrons. The molecule has 2 atom stereocenters. The zero-order valence-electron chi connectivity index (χ0n) is 13.0. The average molecular weight is 401 g/mol. The highest BCUT2D eigenvalue weighted by molar-refractivity contribution is 7.15. The molecule has 0 amide bonds. The summed E-state index contributed by atoms with van der Waals surface area (Å²) in [4.78, 5) is 39.5. The standard InChI is InChI=1S/C16H14Cl2N2O4S/c1-7(21)13(16(23)24)15(19)10(22)5-12-20-6-11(25-12)14-8(17)3-2-4-9(14)18/h2-4,6,13,15H,5,19H2,1H3,(H,23,24)/t13?,15-/m1/s1. The number of carboxylic acid groups (broad SMARTS) is 1. The molecule has 0 aliphatic rings. The minimum Gasteiger partial charge on any atom is -0.481 e. The number of carbonyl (C=O) groups is 3. The van der Waals surface area contributed by atoms with E-state index in [0.29, 0.717) is 25.5 Å². The summed E-state index contributed by atoms with van der Waals surface area (Å²) in [6.45, 7) is 1.09.